The van der Waals surface area contributed by atoms with Gasteiger partial charge in [0, 0.05) is 22.1 Å². The summed E-state index contributed by atoms with van der Waals surface area (Å²) in [5.41, 5.74) is 9.07. The normalized spacial score (nSPS) is 13.3. The van der Waals surface area contributed by atoms with Crippen molar-refractivity contribution in [3.63, 3.8) is 0 Å². The van der Waals surface area contributed by atoms with Gasteiger partial charge in [-0.25, -0.2) is 0 Å². The lowest BCUT2D eigenvalue weighted by atomic mass is 9.82. The summed E-state index contributed by atoms with van der Waals surface area (Å²) >= 11 is 0. The fourth-order valence-electron chi connectivity index (χ4n) is 6.54. The van der Waals surface area contributed by atoms with Crippen molar-refractivity contribution in [3.8, 4) is 45.3 Å². The molecular weight excluding hydrogens is 464 g/mol. The van der Waals surface area contributed by atoms with Gasteiger partial charge in [-0.2, -0.15) is 0 Å². The molecule has 0 spiro atoms. The van der Waals surface area contributed by atoms with Crippen LogP contribution in [0.2, 0.25) is 0 Å². The van der Waals surface area contributed by atoms with Gasteiger partial charge in [0.15, 0.2) is 0 Å². The third-order valence-corrected chi connectivity index (χ3v) is 8.20. The second-order valence-corrected chi connectivity index (χ2v) is 10.4. The molecule has 1 aliphatic carbocycles. The van der Waals surface area contributed by atoms with Gasteiger partial charge in [-0.1, -0.05) is 78.9 Å². The summed E-state index contributed by atoms with van der Waals surface area (Å²) in [4.78, 5) is 0. The Morgan fingerprint density at radius 3 is 2.21 bits per heavy atom. The Morgan fingerprint density at radius 2 is 1.32 bits per heavy atom. The third-order valence-electron chi connectivity index (χ3n) is 8.20. The molecule has 0 unspecified atom stereocenters. The van der Waals surface area contributed by atoms with Crippen LogP contribution in [0.15, 0.2) is 103 Å². The molecule has 0 amide bonds. The van der Waals surface area contributed by atoms with Crippen LogP contribution in [0.5, 0.6) is 23.0 Å². The lowest BCUT2D eigenvalue weighted by Gasteiger charge is -2.27. The molecular formula is C36H26O2. The van der Waals surface area contributed by atoms with Crippen molar-refractivity contribution in [2.45, 2.75) is 26.2 Å². The summed E-state index contributed by atoms with van der Waals surface area (Å²) in [5.74, 6) is 3.67. The first-order valence-electron chi connectivity index (χ1n) is 13.4. The van der Waals surface area contributed by atoms with Gasteiger partial charge in [-0.05, 0) is 88.9 Å². The maximum atomic E-state index is 6.62. The van der Waals surface area contributed by atoms with E-state index in [0.29, 0.717) is 0 Å². The summed E-state index contributed by atoms with van der Waals surface area (Å²) in [7, 11) is 0. The average Bonchev–Trinajstić information content (AvgIpc) is 3.44. The van der Waals surface area contributed by atoms with Crippen LogP contribution in [0.25, 0.3) is 43.8 Å². The lowest BCUT2D eigenvalue weighted by molar-refractivity contribution is 0.480. The molecule has 0 saturated carbocycles. The first-order valence-corrected chi connectivity index (χ1v) is 13.4. The Hall–Kier alpha value is -4.56. The fourth-order valence-corrected chi connectivity index (χ4v) is 6.54. The highest BCUT2D eigenvalue weighted by atomic mass is 16.5. The molecule has 0 N–H and O–H groups in total. The zero-order valence-electron chi connectivity index (χ0n) is 21.3. The summed E-state index contributed by atoms with van der Waals surface area (Å²) in [5, 5.41) is 4.95. The molecule has 0 fully saturated rings. The van der Waals surface area contributed by atoms with E-state index in [9.17, 15) is 0 Å². The number of para-hydroxylation sites is 2. The van der Waals surface area contributed by atoms with Crippen molar-refractivity contribution in [2.24, 2.45) is 0 Å². The molecule has 2 heteroatoms. The molecule has 6 aromatic carbocycles. The molecule has 0 radical (unpaired) electrons. The first-order chi connectivity index (χ1) is 18.8. The zero-order valence-corrected chi connectivity index (χ0v) is 21.3. The van der Waals surface area contributed by atoms with E-state index in [1.54, 1.807) is 0 Å². The molecule has 1 heterocycles. The SMILES string of the molecule is Cc1ccccc1Oc1ccccc1-c1c2c(c3c4c(cccc14)Oc1ccc4ccccc4c1-3)CCC2. The van der Waals surface area contributed by atoms with Gasteiger partial charge in [0.25, 0.3) is 0 Å². The van der Waals surface area contributed by atoms with E-state index in [0.717, 1.165) is 53.4 Å². The maximum Gasteiger partial charge on any atom is 0.135 e. The number of aryl methyl sites for hydroxylation is 1. The quantitative estimate of drug-likeness (QED) is 0.245. The predicted octanol–water partition coefficient (Wildman–Crippen LogP) is 10.0. The molecule has 6 aromatic rings. The number of rotatable bonds is 3. The molecule has 2 nitrogen and oxygen atoms in total. The number of fused-ring (bicyclic) bond motifs is 6. The van der Waals surface area contributed by atoms with Crippen LogP contribution in [0.3, 0.4) is 0 Å². The van der Waals surface area contributed by atoms with Crippen molar-refractivity contribution >= 4 is 21.5 Å². The minimum absolute atomic E-state index is 0.888. The second kappa shape index (κ2) is 8.22. The summed E-state index contributed by atoms with van der Waals surface area (Å²) in [6, 6.07) is 36.2. The van der Waals surface area contributed by atoms with E-state index >= 15 is 0 Å². The average molecular weight is 491 g/mol. The molecule has 0 aromatic heterocycles. The van der Waals surface area contributed by atoms with E-state index in [4.69, 9.17) is 9.47 Å². The highest BCUT2D eigenvalue weighted by Crippen LogP contribution is 2.56. The van der Waals surface area contributed by atoms with Crippen LogP contribution in [-0.4, -0.2) is 0 Å². The van der Waals surface area contributed by atoms with Crippen molar-refractivity contribution < 1.29 is 9.47 Å². The van der Waals surface area contributed by atoms with Gasteiger partial charge in [-0.3, -0.25) is 0 Å². The van der Waals surface area contributed by atoms with Crippen molar-refractivity contribution in [1.29, 1.82) is 0 Å². The van der Waals surface area contributed by atoms with Crippen LogP contribution in [0.1, 0.15) is 23.1 Å². The summed E-state index contributed by atoms with van der Waals surface area (Å²) < 4.78 is 13.2. The number of benzene rings is 6. The Kier molecular flexibility index (Phi) is 4.66. The maximum absolute atomic E-state index is 6.62. The van der Waals surface area contributed by atoms with E-state index < -0.39 is 0 Å². The monoisotopic (exact) mass is 490 g/mol. The van der Waals surface area contributed by atoms with Crippen molar-refractivity contribution in [2.75, 3.05) is 0 Å². The minimum atomic E-state index is 0.888. The molecule has 182 valence electrons. The van der Waals surface area contributed by atoms with Gasteiger partial charge in [-0.15, -0.1) is 0 Å². The summed E-state index contributed by atoms with van der Waals surface area (Å²) in [6.45, 7) is 2.09. The van der Waals surface area contributed by atoms with Gasteiger partial charge in [0.2, 0.25) is 0 Å². The Morgan fingerprint density at radius 1 is 0.579 bits per heavy atom. The van der Waals surface area contributed by atoms with Gasteiger partial charge >= 0.3 is 0 Å². The van der Waals surface area contributed by atoms with Gasteiger partial charge in [0.1, 0.15) is 23.0 Å². The fraction of sp³-hybridized carbons (Fsp3) is 0.111. The summed E-state index contributed by atoms with van der Waals surface area (Å²) in [6.07, 6.45) is 3.30. The molecule has 8 rings (SSSR count). The van der Waals surface area contributed by atoms with Gasteiger partial charge < -0.3 is 9.47 Å². The molecule has 2 aliphatic rings. The molecule has 0 saturated heterocycles. The zero-order chi connectivity index (χ0) is 25.2. The largest absolute Gasteiger partial charge is 0.456 e. The smallest absolute Gasteiger partial charge is 0.135 e. The van der Waals surface area contributed by atoms with E-state index in [-0.39, 0.29) is 0 Å². The number of hydrogen-bond acceptors (Lipinski definition) is 2. The highest BCUT2D eigenvalue weighted by molar-refractivity contribution is 6.17. The van der Waals surface area contributed by atoms with E-state index in [2.05, 4.69) is 97.9 Å². The number of hydrogen-bond donors (Lipinski definition) is 0. The highest BCUT2D eigenvalue weighted by Gasteiger charge is 2.31. The van der Waals surface area contributed by atoms with Crippen molar-refractivity contribution in [3.05, 3.63) is 120 Å². The van der Waals surface area contributed by atoms with E-state index in [1.165, 1.54) is 49.4 Å². The molecule has 0 atom stereocenters. The topological polar surface area (TPSA) is 18.5 Å². The van der Waals surface area contributed by atoms with Crippen LogP contribution >= 0.6 is 0 Å². The van der Waals surface area contributed by atoms with E-state index in [1.807, 2.05) is 12.1 Å². The molecule has 38 heavy (non-hydrogen) atoms. The number of ether oxygens (including phenoxy) is 2. The van der Waals surface area contributed by atoms with Crippen LogP contribution in [0, 0.1) is 6.92 Å². The Balaban J connectivity index is 1.45. The van der Waals surface area contributed by atoms with Gasteiger partial charge in [0.05, 0.1) is 0 Å². The standard InChI is InChI=1S/C36H26O2/c1-22-10-2-6-17-29(22)37-30-18-7-5-13-27(30)33-25-14-8-15-26(25)36-34-24-12-4-3-11-23(24)20-21-32(34)38-31-19-9-16-28(33)35(31)36/h2-7,9-13,16-21H,8,14-15H2,1H3. The van der Waals surface area contributed by atoms with Crippen LogP contribution < -0.4 is 9.47 Å². The van der Waals surface area contributed by atoms with Crippen LogP contribution in [-0.2, 0) is 12.8 Å². The molecule has 0 bridgehead atoms. The second-order valence-electron chi connectivity index (χ2n) is 10.4. The molecule has 1 aliphatic heterocycles. The minimum Gasteiger partial charge on any atom is -0.456 e. The first kappa shape index (κ1) is 21.5. The Labute approximate surface area is 222 Å². The predicted molar refractivity (Wildman–Crippen MR) is 156 cm³/mol. The van der Waals surface area contributed by atoms with Crippen molar-refractivity contribution in [1.82, 2.24) is 0 Å². The Bertz CT molecular complexity index is 1910. The third kappa shape index (κ3) is 3.07. The lowest BCUT2D eigenvalue weighted by Crippen LogP contribution is -2.04. The van der Waals surface area contributed by atoms with Crippen LogP contribution in [0.4, 0.5) is 0 Å².